The van der Waals surface area contributed by atoms with E-state index in [0.717, 1.165) is 12.0 Å². The summed E-state index contributed by atoms with van der Waals surface area (Å²) in [7, 11) is 0. The van der Waals surface area contributed by atoms with Gasteiger partial charge in [0.05, 0.1) is 0 Å². The zero-order chi connectivity index (χ0) is 45.1. The Morgan fingerprint density at radius 2 is 0.949 bits per heavy atom. The second-order valence-electron chi connectivity index (χ2n) is 15.6. The number of piperidine rings is 2. The van der Waals surface area contributed by atoms with Gasteiger partial charge in [0.1, 0.15) is 11.2 Å². The average Bonchev–Trinajstić information content (AvgIpc) is 3.10. The first-order valence-electron chi connectivity index (χ1n) is 17.9. The van der Waals surface area contributed by atoms with Crippen LogP contribution in [0.15, 0.2) is 60.7 Å². The second-order valence-corrected chi connectivity index (χ2v) is 15.6. The smallest absolute Gasteiger partial charge is 0.444 e. The van der Waals surface area contributed by atoms with E-state index >= 15 is 0 Å². The van der Waals surface area contributed by atoms with Crippen molar-refractivity contribution in [3.63, 3.8) is 0 Å². The van der Waals surface area contributed by atoms with E-state index in [1.807, 2.05) is 74.6 Å². The van der Waals surface area contributed by atoms with Gasteiger partial charge in [-0.3, -0.25) is 4.79 Å². The van der Waals surface area contributed by atoms with E-state index in [2.05, 4.69) is 16.9 Å². The molecule has 2 aliphatic heterocycles. The molecule has 2 saturated heterocycles. The fourth-order valence-electron chi connectivity index (χ4n) is 5.69. The number of nitrogens with two attached hydrogens (primary N) is 1. The standard InChI is InChI=1S/C18H23F3N2O3.C16H24N2O2.C4F6O3/c1-17(2,3)26-16(25)23-10-13(12-7-5-4-6-8-12)9-14(11-23)22-15(24)18(19,20)21;1-16(2,3)20-15(19)18-10-13(9-14(17)11-18)12-7-5-4-6-8-12;5-3(6,7)1(11)13-2(12)4(8,9)10/h4-8,13-14H,9-11H2,1-3H3,(H,22,24);4-8,13-14H,9-11,17H2,1-3H3;/t2*13-,14+;/m11./s1. The largest absolute Gasteiger partial charge is 0.491 e. The molecule has 0 aliphatic carbocycles. The molecule has 2 aromatic carbocycles. The van der Waals surface area contributed by atoms with Crippen molar-refractivity contribution in [3.05, 3.63) is 71.8 Å². The third-order valence-corrected chi connectivity index (χ3v) is 8.02. The van der Waals surface area contributed by atoms with E-state index in [1.165, 1.54) is 10.5 Å². The molecule has 2 fully saturated rings. The van der Waals surface area contributed by atoms with Gasteiger partial charge in [-0.15, -0.1) is 0 Å². The third kappa shape index (κ3) is 18.2. The molecule has 4 atom stereocenters. The van der Waals surface area contributed by atoms with Gasteiger partial charge in [-0.2, -0.15) is 39.5 Å². The lowest BCUT2D eigenvalue weighted by atomic mass is 9.88. The summed E-state index contributed by atoms with van der Waals surface area (Å²) in [4.78, 5) is 58.3. The zero-order valence-electron chi connectivity index (χ0n) is 33.0. The van der Waals surface area contributed by atoms with Crippen molar-refractivity contribution in [1.82, 2.24) is 15.1 Å². The van der Waals surface area contributed by atoms with Crippen LogP contribution in [0.2, 0.25) is 0 Å². The third-order valence-electron chi connectivity index (χ3n) is 8.02. The lowest BCUT2D eigenvalue weighted by Crippen LogP contribution is -2.54. The van der Waals surface area contributed by atoms with Crippen molar-refractivity contribution in [2.75, 3.05) is 26.2 Å². The van der Waals surface area contributed by atoms with Crippen LogP contribution in [0.5, 0.6) is 0 Å². The quantitative estimate of drug-likeness (QED) is 0.139. The summed E-state index contributed by atoms with van der Waals surface area (Å²) in [5.74, 6) is -8.31. The Hall–Kier alpha value is -5.08. The molecule has 21 heteroatoms. The van der Waals surface area contributed by atoms with E-state index < -0.39 is 59.7 Å². The molecule has 3 amide bonds. The first kappa shape index (κ1) is 50.1. The first-order valence-corrected chi connectivity index (χ1v) is 17.9. The van der Waals surface area contributed by atoms with Crippen LogP contribution in [0.3, 0.4) is 0 Å². The fraction of sp³-hybridized carbons (Fsp3) is 0.553. The van der Waals surface area contributed by atoms with Gasteiger partial charge in [0.15, 0.2) is 0 Å². The number of esters is 2. The molecular weight excluding hydrogens is 811 g/mol. The predicted molar refractivity (Wildman–Crippen MR) is 192 cm³/mol. The minimum atomic E-state index is -5.62. The van der Waals surface area contributed by atoms with Crippen molar-refractivity contribution in [1.29, 1.82) is 0 Å². The molecule has 3 N–H and O–H groups in total. The van der Waals surface area contributed by atoms with Crippen LogP contribution in [0, 0.1) is 0 Å². The Bertz CT molecular complexity index is 1690. The monoisotopic (exact) mass is 858 g/mol. The van der Waals surface area contributed by atoms with Crippen molar-refractivity contribution >= 4 is 30.0 Å². The highest BCUT2D eigenvalue weighted by atomic mass is 19.4. The van der Waals surface area contributed by atoms with Crippen molar-refractivity contribution in [2.45, 2.75) is 108 Å². The van der Waals surface area contributed by atoms with Crippen LogP contribution in [0.25, 0.3) is 0 Å². The van der Waals surface area contributed by atoms with Crippen LogP contribution >= 0.6 is 0 Å². The molecule has 4 rings (SSSR count). The molecule has 2 heterocycles. The topological polar surface area (TPSA) is 158 Å². The van der Waals surface area contributed by atoms with E-state index in [-0.39, 0.29) is 30.5 Å². The highest BCUT2D eigenvalue weighted by Gasteiger charge is 2.49. The predicted octanol–water partition coefficient (Wildman–Crippen LogP) is 7.38. The molecule has 330 valence electrons. The van der Waals surface area contributed by atoms with Gasteiger partial charge >= 0.3 is 48.6 Å². The van der Waals surface area contributed by atoms with Gasteiger partial charge in [0.25, 0.3) is 0 Å². The van der Waals surface area contributed by atoms with Crippen LogP contribution in [0.4, 0.5) is 49.1 Å². The molecule has 0 spiro atoms. The lowest BCUT2D eigenvalue weighted by Gasteiger charge is -2.39. The summed E-state index contributed by atoms with van der Waals surface area (Å²) in [5, 5.41) is 1.99. The first-order chi connectivity index (χ1) is 26.9. The molecule has 59 heavy (non-hydrogen) atoms. The van der Waals surface area contributed by atoms with E-state index in [1.54, 1.807) is 25.7 Å². The Balaban J connectivity index is 0.000000324. The number of likely N-dealkylation sites (tertiary alicyclic amines) is 2. The molecular formula is C38H47F9N4O8. The minimum absolute atomic E-state index is 0.00137. The fourth-order valence-corrected chi connectivity index (χ4v) is 5.69. The van der Waals surface area contributed by atoms with Crippen LogP contribution in [-0.4, -0.2) is 108 Å². The number of hydrogen-bond acceptors (Lipinski definition) is 9. The van der Waals surface area contributed by atoms with Gasteiger partial charge in [-0.1, -0.05) is 60.7 Å². The molecule has 12 nitrogen and oxygen atoms in total. The number of halogens is 9. The number of hydrogen-bond donors (Lipinski definition) is 2. The summed E-state index contributed by atoms with van der Waals surface area (Å²) < 4.78 is 118. The summed E-state index contributed by atoms with van der Waals surface area (Å²) in [6.45, 7) is 12.3. The molecule has 0 unspecified atom stereocenters. The number of nitrogens with one attached hydrogen (secondary N) is 1. The molecule has 0 radical (unpaired) electrons. The summed E-state index contributed by atoms with van der Waals surface area (Å²) >= 11 is 0. The van der Waals surface area contributed by atoms with Crippen molar-refractivity contribution in [2.24, 2.45) is 5.73 Å². The van der Waals surface area contributed by atoms with Gasteiger partial charge in [-0.05, 0) is 65.5 Å². The Morgan fingerprint density at radius 3 is 1.31 bits per heavy atom. The average molecular weight is 859 g/mol. The second kappa shape index (κ2) is 20.3. The van der Waals surface area contributed by atoms with Crippen LogP contribution < -0.4 is 11.1 Å². The summed E-state index contributed by atoms with van der Waals surface area (Å²) in [6, 6.07) is 18.6. The number of nitrogens with zero attached hydrogens (tertiary/aromatic N) is 2. The number of carbonyl (C=O) groups excluding carboxylic acids is 5. The van der Waals surface area contributed by atoms with E-state index in [0.29, 0.717) is 26.1 Å². The normalized spacial score (nSPS) is 20.1. The van der Waals surface area contributed by atoms with Crippen molar-refractivity contribution < 1.29 is 77.7 Å². The number of amides is 3. The SMILES string of the molecule is CC(C)(C)OC(=O)N1C[C@@H](N)C[C@@H](c2ccccc2)C1.CC(C)(C)OC(=O)N1C[C@@H](NC(=O)C(F)(F)F)C[C@@H](c2ccccc2)C1.O=C(OC(=O)C(F)(F)F)C(F)(F)F. The zero-order valence-corrected chi connectivity index (χ0v) is 33.0. The number of benzene rings is 2. The van der Waals surface area contributed by atoms with Crippen LogP contribution in [0.1, 0.15) is 77.3 Å². The summed E-state index contributed by atoms with van der Waals surface area (Å²) in [6.07, 6.45) is -15.9. The Labute approximate surface area is 334 Å². The minimum Gasteiger partial charge on any atom is -0.444 e. The Morgan fingerprint density at radius 1 is 0.576 bits per heavy atom. The van der Waals surface area contributed by atoms with Gasteiger partial charge in [0, 0.05) is 50.1 Å². The van der Waals surface area contributed by atoms with Gasteiger partial charge in [0.2, 0.25) is 0 Å². The molecule has 0 aromatic heterocycles. The number of ether oxygens (including phenoxy) is 3. The summed E-state index contributed by atoms with van der Waals surface area (Å²) in [5.41, 5.74) is 7.04. The van der Waals surface area contributed by atoms with Gasteiger partial charge in [-0.25, -0.2) is 19.2 Å². The maximum atomic E-state index is 12.6. The molecule has 0 bridgehead atoms. The Kier molecular flexibility index (Phi) is 17.2. The molecule has 2 aliphatic rings. The lowest BCUT2D eigenvalue weighted by molar-refractivity contribution is -0.221. The maximum absolute atomic E-state index is 12.6. The van der Waals surface area contributed by atoms with E-state index in [9.17, 15) is 63.5 Å². The van der Waals surface area contributed by atoms with E-state index in [4.69, 9.17) is 15.2 Å². The number of alkyl halides is 9. The number of rotatable bonds is 3. The van der Waals surface area contributed by atoms with Crippen molar-refractivity contribution in [3.8, 4) is 0 Å². The van der Waals surface area contributed by atoms with Gasteiger partial charge < -0.3 is 35.1 Å². The number of carbonyl (C=O) groups is 5. The molecule has 0 saturated carbocycles. The van der Waals surface area contributed by atoms with Crippen LogP contribution in [-0.2, 0) is 28.6 Å². The maximum Gasteiger partial charge on any atom is 0.491 e. The molecule has 2 aromatic rings. The highest BCUT2D eigenvalue weighted by molar-refractivity contribution is 5.90. The highest BCUT2D eigenvalue weighted by Crippen LogP contribution is 2.30.